The Kier molecular flexibility index (Phi) is 6.57. The third-order valence-corrected chi connectivity index (χ3v) is 8.78. The van der Waals surface area contributed by atoms with Crippen molar-refractivity contribution in [2.45, 2.75) is 24.2 Å². The van der Waals surface area contributed by atoms with Crippen molar-refractivity contribution >= 4 is 32.7 Å². The van der Waals surface area contributed by atoms with Gasteiger partial charge in [0.05, 0.1) is 27.2 Å². The molecule has 194 valence electrons. The molecule has 5 aromatic rings. The molecule has 1 aliphatic heterocycles. The molecule has 6 rings (SSSR count). The highest BCUT2D eigenvalue weighted by Crippen LogP contribution is 2.30. The Labute approximate surface area is 226 Å². The average molecular weight is 535 g/mol. The molecule has 0 spiro atoms. The van der Waals surface area contributed by atoms with Crippen molar-refractivity contribution in [3.8, 4) is 23.0 Å². The first-order valence-corrected chi connectivity index (χ1v) is 14.3. The quantitative estimate of drug-likeness (QED) is 0.283. The van der Waals surface area contributed by atoms with Crippen LogP contribution in [0.2, 0.25) is 0 Å². The smallest absolute Gasteiger partial charge is 0.243 e. The molecule has 0 aliphatic carbocycles. The Morgan fingerprint density at radius 2 is 1.72 bits per heavy atom. The maximum Gasteiger partial charge on any atom is 0.243 e. The molecule has 2 aromatic heterocycles. The Morgan fingerprint density at radius 1 is 0.949 bits per heavy atom. The second kappa shape index (κ2) is 10.3. The number of fused-ring (bicyclic) bond motifs is 1. The van der Waals surface area contributed by atoms with Crippen LogP contribution < -0.4 is 0 Å². The maximum absolute atomic E-state index is 13.4. The van der Waals surface area contributed by atoms with Gasteiger partial charge in [-0.1, -0.05) is 48.9 Å². The summed E-state index contributed by atoms with van der Waals surface area (Å²) >= 11 is 0. The highest BCUT2D eigenvalue weighted by Gasteiger charge is 2.26. The molecule has 3 aromatic carbocycles. The van der Waals surface area contributed by atoms with E-state index >= 15 is 0 Å². The summed E-state index contributed by atoms with van der Waals surface area (Å²) in [6.07, 6.45) is 6.37. The summed E-state index contributed by atoms with van der Waals surface area (Å²) in [5.41, 5.74) is 4.68. The Hall–Kier alpha value is -4.52. The van der Waals surface area contributed by atoms with Crippen molar-refractivity contribution in [3.05, 3.63) is 96.4 Å². The standard InChI is InChI=1S/C30H26N6O2S/c31-20-23(30-32-27-14-5-6-15-28(27)33-30)18-24-21-36(25-11-3-1-4-12-25)34-29(24)22-10-9-13-26(19-22)39(37,38)35-16-7-2-8-17-35/h1,3-6,9-15,18-19,21H,2,7-8,16-17H2,(H,32,33)/b23-18-. The number of H-pyrrole nitrogens is 1. The molecule has 1 saturated heterocycles. The molecule has 1 N–H and O–H groups in total. The van der Waals surface area contributed by atoms with Crippen molar-refractivity contribution in [1.82, 2.24) is 24.1 Å². The van der Waals surface area contributed by atoms with Crippen LogP contribution in [0, 0.1) is 11.3 Å². The summed E-state index contributed by atoms with van der Waals surface area (Å²) in [5, 5.41) is 14.9. The van der Waals surface area contributed by atoms with E-state index in [9.17, 15) is 13.7 Å². The number of hydrogen-bond donors (Lipinski definition) is 1. The van der Waals surface area contributed by atoms with Gasteiger partial charge in [-0.05, 0) is 55.3 Å². The number of rotatable bonds is 6. The van der Waals surface area contributed by atoms with Crippen LogP contribution in [-0.4, -0.2) is 45.6 Å². The second-order valence-corrected chi connectivity index (χ2v) is 11.4. The molecule has 0 amide bonds. The molecule has 0 unspecified atom stereocenters. The minimum absolute atomic E-state index is 0.240. The number of piperidine rings is 1. The molecule has 0 saturated carbocycles. The van der Waals surface area contributed by atoms with Crippen LogP contribution in [0.25, 0.3) is 39.6 Å². The number of aromatic nitrogens is 4. The molecule has 1 fully saturated rings. The number of allylic oxidation sites excluding steroid dienone is 1. The predicted octanol–water partition coefficient (Wildman–Crippen LogP) is 5.65. The van der Waals surface area contributed by atoms with Crippen LogP contribution in [0.1, 0.15) is 30.7 Å². The van der Waals surface area contributed by atoms with Crippen LogP contribution in [0.15, 0.2) is 90.0 Å². The first-order chi connectivity index (χ1) is 19.0. The third kappa shape index (κ3) is 4.88. The summed E-state index contributed by atoms with van der Waals surface area (Å²) in [5.74, 6) is 0.457. The van der Waals surface area contributed by atoms with Gasteiger partial charge in [0.2, 0.25) is 10.0 Å². The van der Waals surface area contributed by atoms with Gasteiger partial charge in [-0.15, -0.1) is 0 Å². The SMILES string of the molecule is N#C/C(=C/c1cn(-c2ccccc2)nc1-c1cccc(S(=O)(=O)N2CCCCC2)c1)c1nc2ccccc2[nH]1. The molecule has 0 bridgehead atoms. The fourth-order valence-corrected chi connectivity index (χ4v) is 6.44. The molecular weight excluding hydrogens is 508 g/mol. The van der Waals surface area contributed by atoms with E-state index in [1.807, 2.05) is 66.9 Å². The van der Waals surface area contributed by atoms with E-state index in [1.54, 1.807) is 33.3 Å². The molecular formula is C30H26N6O2S. The van der Waals surface area contributed by atoms with E-state index in [4.69, 9.17) is 5.10 Å². The van der Waals surface area contributed by atoms with E-state index in [-0.39, 0.29) is 4.90 Å². The lowest BCUT2D eigenvalue weighted by molar-refractivity contribution is 0.346. The second-order valence-electron chi connectivity index (χ2n) is 9.48. The Balaban J connectivity index is 1.47. The van der Waals surface area contributed by atoms with Crippen LogP contribution >= 0.6 is 0 Å². The van der Waals surface area contributed by atoms with Gasteiger partial charge in [0.1, 0.15) is 17.6 Å². The minimum Gasteiger partial charge on any atom is -0.337 e. The number of aromatic amines is 1. The zero-order valence-corrected chi connectivity index (χ0v) is 22.0. The summed E-state index contributed by atoms with van der Waals surface area (Å²) in [4.78, 5) is 8.04. The summed E-state index contributed by atoms with van der Waals surface area (Å²) in [6.45, 7) is 1.07. The van der Waals surface area contributed by atoms with Crippen molar-refractivity contribution in [2.75, 3.05) is 13.1 Å². The highest BCUT2D eigenvalue weighted by atomic mass is 32.2. The lowest BCUT2D eigenvalue weighted by Gasteiger charge is -2.26. The minimum atomic E-state index is -3.62. The summed E-state index contributed by atoms with van der Waals surface area (Å²) in [6, 6.07) is 26.4. The fraction of sp³-hybridized carbons (Fsp3) is 0.167. The third-order valence-electron chi connectivity index (χ3n) is 6.89. The van der Waals surface area contributed by atoms with Gasteiger partial charge in [0, 0.05) is 30.4 Å². The molecule has 1 aliphatic rings. The molecule has 3 heterocycles. The largest absolute Gasteiger partial charge is 0.337 e. The van der Waals surface area contributed by atoms with Crippen LogP contribution in [-0.2, 0) is 10.0 Å². The number of nitrogens with one attached hydrogen (secondary N) is 1. The van der Waals surface area contributed by atoms with Gasteiger partial charge in [-0.25, -0.2) is 18.1 Å². The van der Waals surface area contributed by atoms with E-state index in [0.717, 1.165) is 36.0 Å². The molecule has 39 heavy (non-hydrogen) atoms. The van der Waals surface area contributed by atoms with Crippen molar-refractivity contribution in [2.24, 2.45) is 0 Å². The van der Waals surface area contributed by atoms with Crippen LogP contribution in [0.5, 0.6) is 0 Å². The lowest BCUT2D eigenvalue weighted by Crippen LogP contribution is -2.35. The van der Waals surface area contributed by atoms with E-state index in [2.05, 4.69) is 16.0 Å². The van der Waals surface area contributed by atoms with Gasteiger partial charge in [0.25, 0.3) is 0 Å². The van der Waals surface area contributed by atoms with Crippen molar-refractivity contribution < 1.29 is 8.42 Å². The zero-order valence-electron chi connectivity index (χ0n) is 21.2. The van der Waals surface area contributed by atoms with Gasteiger partial charge in [-0.2, -0.15) is 14.7 Å². The number of nitriles is 1. The lowest BCUT2D eigenvalue weighted by atomic mass is 10.1. The average Bonchev–Trinajstić information content (AvgIpc) is 3.61. The van der Waals surface area contributed by atoms with Gasteiger partial charge in [0.15, 0.2) is 0 Å². The number of nitrogens with zero attached hydrogens (tertiary/aromatic N) is 5. The fourth-order valence-electron chi connectivity index (χ4n) is 4.88. The van der Waals surface area contributed by atoms with E-state index < -0.39 is 10.0 Å². The van der Waals surface area contributed by atoms with E-state index in [1.165, 1.54) is 0 Å². The van der Waals surface area contributed by atoms with Gasteiger partial charge < -0.3 is 4.98 Å². The molecule has 9 heteroatoms. The first kappa shape index (κ1) is 24.8. The molecule has 0 radical (unpaired) electrons. The predicted molar refractivity (Wildman–Crippen MR) is 151 cm³/mol. The van der Waals surface area contributed by atoms with Crippen LogP contribution in [0.3, 0.4) is 0 Å². The molecule has 8 nitrogen and oxygen atoms in total. The van der Waals surface area contributed by atoms with Gasteiger partial charge in [-0.3, -0.25) is 0 Å². The highest BCUT2D eigenvalue weighted by molar-refractivity contribution is 7.89. The van der Waals surface area contributed by atoms with Gasteiger partial charge >= 0.3 is 0 Å². The number of imidazole rings is 1. The summed E-state index contributed by atoms with van der Waals surface area (Å²) < 4.78 is 30.1. The first-order valence-electron chi connectivity index (χ1n) is 12.9. The topological polar surface area (TPSA) is 108 Å². The maximum atomic E-state index is 13.4. The number of hydrogen-bond acceptors (Lipinski definition) is 5. The van der Waals surface area contributed by atoms with Crippen molar-refractivity contribution in [1.29, 1.82) is 5.26 Å². The normalized spacial score (nSPS) is 14.9. The van der Waals surface area contributed by atoms with Crippen molar-refractivity contribution in [3.63, 3.8) is 0 Å². The molecule has 0 atom stereocenters. The summed E-state index contributed by atoms with van der Waals surface area (Å²) in [7, 11) is -3.62. The zero-order chi connectivity index (χ0) is 26.8. The van der Waals surface area contributed by atoms with E-state index in [0.29, 0.717) is 41.3 Å². The number of para-hydroxylation sites is 3. The Bertz CT molecular complexity index is 1790. The number of sulfonamides is 1. The monoisotopic (exact) mass is 534 g/mol. The number of benzene rings is 3. The van der Waals surface area contributed by atoms with Crippen LogP contribution in [0.4, 0.5) is 0 Å². The Morgan fingerprint density at radius 3 is 2.49 bits per heavy atom.